The molecule has 0 aliphatic heterocycles. The SMILES string of the molecule is COc1cc(C#N)ccc1NC(=O)c1ccc(NN)nn1. The Morgan fingerprint density at radius 3 is 2.71 bits per heavy atom. The summed E-state index contributed by atoms with van der Waals surface area (Å²) in [6.07, 6.45) is 0. The third-order valence-electron chi connectivity index (χ3n) is 2.62. The number of rotatable bonds is 4. The van der Waals surface area contributed by atoms with Crippen LogP contribution in [0.3, 0.4) is 0 Å². The number of ether oxygens (including phenoxy) is 1. The monoisotopic (exact) mass is 284 g/mol. The average Bonchev–Trinajstić information content (AvgIpc) is 2.55. The Morgan fingerprint density at radius 1 is 1.33 bits per heavy atom. The minimum Gasteiger partial charge on any atom is -0.495 e. The molecule has 2 aromatic rings. The van der Waals surface area contributed by atoms with Crippen molar-refractivity contribution in [1.29, 1.82) is 5.26 Å². The van der Waals surface area contributed by atoms with E-state index in [4.69, 9.17) is 15.8 Å². The number of nitrogens with two attached hydrogens (primary N) is 1. The number of methoxy groups -OCH3 is 1. The molecular weight excluding hydrogens is 272 g/mol. The van der Waals surface area contributed by atoms with Crippen molar-refractivity contribution in [3.8, 4) is 11.8 Å². The number of nitrogen functional groups attached to an aromatic ring is 1. The van der Waals surface area contributed by atoms with Crippen LogP contribution in [0.25, 0.3) is 0 Å². The number of nitrogens with one attached hydrogen (secondary N) is 2. The summed E-state index contributed by atoms with van der Waals surface area (Å²) in [6.45, 7) is 0. The van der Waals surface area contributed by atoms with Gasteiger partial charge in [0, 0.05) is 6.07 Å². The number of amides is 1. The molecule has 21 heavy (non-hydrogen) atoms. The number of nitriles is 1. The molecule has 8 nitrogen and oxygen atoms in total. The Bertz CT molecular complexity index is 693. The van der Waals surface area contributed by atoms with Crippen LogP contribution in [0.1, 0.15) is 16.1 Å². The number of carbonyl (C=O) groups is 1. The zero-order valence-electron chi connectivity index (χ0n) is 11.1. The smallest absolute Gasteiger partial charge is 0.276 e. The van der Waals surface area contributed by atoms with E-state index in [-0.39, 0.29) is 5.69 Å². The van der Waals surface area contributed by atoms with Gasteiger partial charge in [-0.05, 0) is 24.3 Å². The highest BCUT2D eigenvalue weighted by Gasteiger charge is 2.12. The lowest BCUT2D eigenvalue weighted by atomic mass is 10.2. The lowest BCUT2D eigenvalue weighted by Crippen LogP contribution is -2.16. The van der Waals surface area contributed by atoms with Gasteiger partial charge in [0.1, 0.15) is 5.75 Å². The van der Waals surface area contributed by atoms with Gasteiger partial charge in [-0.1, -0.05) is 0 Å². The van der Waals surface area contributed by atoms with E-state index in [1.54, 1.807) is 12.1 Å². The highest BCUT2D eigenvalue weighted by molar-refractivity contribution is 6.03. The molecule has 0 aliphatic rings. The highest BCUT2D eigenvalue weighted by Crippen LogP contribution is 2.25. The second-order valence-electron chi connectivity index (χ2n) is 3.93. The largest absolute Gasteiger partial charge is 0.495 e. The summed E-state index contributed by atoms with van der Waals surface area (Å²) in [5.74, 6) is 5.45. The zero-order chi connectivity index (χ0) is 15.2. The Kier molecular flexibility index (Phi) is 4.28. The lowest BCUT2D eigenvalue weighted by Gasteiger charge is -2.10. The number of hydrogen-bond acceptors (Lipinski definition) is 7. The molecular formula is C13H12N6O2. The minimum atomic E-state index is -0.450. The molecule has 0 fully saturated rings. The van der Waals surface area contributed by atoms with Gasteiger partial charge < -0.3 is 15.5 Å². The van der Waals surface area contributed by atoms with Crippen LogP contribution in [0.4, 0.5) is 11.5 Å². The fraction of sp³-hybridized carbons (Fsp3) is 0.0769. The number of carbonyl (C=O) groups excluding carboxylic acids is 1. The predicted molar refractivity (Wildman–Crippen MR) is 75.5 cm³/mol. The molecule has 1 aromatic carbocycles. The fourth-order valence-corrected chi connectivity index (χ4v) is 1.58. The first kappa shape index (κ1) is 14.2. The van der Waals surface area contributed by atoms with Gasteiger partial charge in [0.05, 0.1) is 24.4 Å². The first-order valence-electron chi connectivity index (χ1n) is 5.87. The van der Waals surface area contributed by atoms with Gasteiger partial charge in [-0.15, -0.1) is 10.2 Å². The number of anilines is 2. The number of benzene rings is 1. The van der Waals surface area contributed by atoms with Crippen LogP contribution < -0.4 is 21.3 Å². The molecule has 0 spiro atoms. The number of nitrogens with zero attached hydrogens (tertiary/aromatic N) is 3. The Hall–Kier alpha value is -3.18. The van der Waals surface area contributed by atoms with Crippen molar-refractivity contribution in [3.05, 3.63) is 41.6 Å². The Labute approximate surface area is 120 Å². The van der Waals surface area contributed by atoms with E-state index in [1.807, 2.05) is 6.07 Å². The molecule has 2 rings (SSSR count). The molecule has 0 aliphatic carbocycles. The van der Waals surface area contributed by atoms with Gasteiger partial charge in [-0.2, -0.15) is 5.26 Å². The quantitative estimate of drug-likeness (QED) is 0.562. The van der Waals surface area contributed by atoms with E-state index < -0.39 is 5.91 Å². The predicted octanol–water partition coefficient (Wildman–Crippen LogP) is 0.895. The fourth-order valence-electron chi connectivity index (χ4n) is 1.58. The van der Waals surface area contributed by atoms with Gasteiger partial charge in [-0.25, -0.2) is 5.84 Å². The summed E-state index contributed by atoms with van der Waals surface area (Å²) < 4.78 is 5.13. The molecule has 0 bridgehead atoms. The lowest BCUT2D eigenvalue weighted by molar-refractivity contribution is 0.102. The highest BCUT2D eigenvalue weighted by atomic mass is 16.5. The van der Waals surface area contributed by atoms with Crippen LogP contribution in [-0.4, -0.2) is 23.2 Å². The van der Waals surface area contributed by atoms with Crippen LogP contribution in [0, 0.1) is 11.3 Å². The number of hydrazine groups is 1. The Morgan fingerprint density at radius 2 is 2.14 bits per heavy atom. The molecule has 4 N–H and O–H groups in total. The van der Waals surface area contributed by atoms with Crippen molar-refractivity contribution < 1.29 is 9.53 Å². The van der Waals surface area contributed by atoms with Crippen molar-refractivity contribution in [1.82, 2.24) is 10.2 Å². The van der Waals surface area contributed by atoms with Gasteiger partial charge in [0.25, 0.3) is 5.91 Å². The zero-order valence-corrected chi connectivity index (χ0v) is 11.1. The molecule has 0 radical (unpaired) electrons. The van der Waals surface area contributed by atoms with E-state index in [1.165, 1.54) is 25.3 Å². The van der Waals surface area contributed by atoms with E-state index in [2.05, 4.69) is 20.9 Å². The normalized spacial score (nSPS) is 9.57. The van der Waals surface area contributed by atoms with E-state index in [9.17, 15) is 4.79 Å². The third kappa shape index (κ3) is 3.23. The van der Waals surface area contributed by atoms with Crippen LogP contribution in [0.5, 0.6) is 5.75 Å². The van der Waals surface area contributed by atoms with Crippen molar-refractivity contribution >= 4 is 17.4 Å². The maximum Gasteiger partial charge on any atom is 0.276 e. The van der Waals surface area contributed by atoms with E-state index >= 15 is 0 Å². The second-order valence-corrected chi connectivity index (χ2v) is 3.93. The maximum atomic E-state index is 12.1. The minimum absolute atomic E-state index is 0.125. The molecule has 1 amide bonds. The molecule has 1 aromatic heterocycles. The average molecular weight is 284 g/mol. The summed E-state index contributed by atoms with van der Waals surface area (Å²) >= 11 is 0. The molecule has 8 heteroatoms. The van der Waals surface area contributed by atoms with Crippen LogP contribution in [-0.2, 0) is 0 Å². The standard InChI is InChI=1S/C13H12N6O2/c1-21-11-6-8(7-14)2-3-9(11)16-13(20)10-4-5-12(17-15)19-18-10/h2-6H,15H2,1H3,(H,16,20)(H,17,19). The molecule has 106 valence electrons. The Balaban J connectivity index is 2.20. The van der Waals surface area contributed by atoms with Crippen molar-refractivity contribution in [2.45, 2.75) is 0 Å². The van der Waals surface area contributed by atoms with Gasteiger partial charge in [-0.3, -0.25) is 4.79 Å². The van der Waals surface area contributed by atoms with Gasteiger partial charge >= 0.3 is 0 Å². The van der Waals surface area contributed by atoms with Crippen molar-refractivity contribution in [2.75, 3.05) is 17.9 Å². The van der Waals surface area contributed by atoms with Crippen molar-refractivity contribution in [2.24, 2.45) is 5.84 Å². The summed E-state index contributed by atoms with van der Waals surface area (Å²) in [7, 11) is 1.45. The van der Waals surface area contributed by atoms with Crippen LogP contribution in [0.2, 0.25) is 0 Å². The molecule has 0 saturated heterocycles. The third-order valence-corrected chi connectivity index (χ3v) is 2.62. The van der Waals surface area contributed by atoms with Crippen LogP contribution in [0.15, 0.2) is 30.3 Å². The molecule has 0 atom stereocenters. The van der Waals surface area contributed by atoms with Gasteiger partial charge in [0.2, 0.25) is 0 Å². The first-order chi connectivity index (χ1) is 10.2. The molecule has 0 saturated carbocycles. The van der Waals surface area contributed by atoms with E-state index in [0.717, 1.165) is 0 Å². The maximum absolute atomic E-state index is 12.1. The van der Waals surface area contributed by atoms with Crippen LogP contribution >= 0.6 is 0 Å². The number of aromatic nitrogens is 2. The van der Waals surface area contributed by atoms with E-state index in [0.29, 0.717) is 22.8 Å². The number of hydrogen-bond donors (Lipinski definition) is 3. The van der Waals surface area contributed by atoms with Crippen molar-refractivity contribution in [3.63, 3.8) is 0 Å². The second kappa shape index (κ2) is 6.31. The molecule has 1 heterocycles. The summed E-state index contributed by atoms with van der Waals surface area (Å²) in [4.78, 5) is 12.1. The van der Waals surface area contributed by atoms with Gasteiger partial charge in [0.15, 0.2) is 11.5 Å². The molecule has 0 unspecified atom stereocenters. The summed E-state index contributed by atoms with van der Waals surface area (Å²) in [5, 5.41) is 18.9. The summed E-state index contributed by atoms with van der Waals surface area (Å²) in [5.41, 5.74) is 3.31. The summed E-state index contributed by atoms with van der Waals surface area (Å²) in [6, 6.07) is 9.69. The first-order valence-corrected chi connectivity index (χ1v) is 5.87. The topological polar surface area (TPSA) is 126 Å².